The summed E-state index contributed by atoms with van der Waals surface area (Å²) in [6.45, 7) is 3.95. The molecule has 1 aromatic carbocycles. The van der Waals surface area contributed by atoms with Crippen molar-refractivity contribution in [3.63, 3.8) is 0 Å². The molecule has 0 saturated heterocycles. The van der Waals surface area contributed by atoms with Crippen molar-refractivity contribution in [1.82, 2.24) is 19.9 Å². The number of aryl methyl sites for hydroxylation is 2. The third kappa shape index (κ3) is 4.64. The molecule has 0 amide bonds. The van der Waals surface area contributed by atoms with Crippen LogP contribution in [0.5, 0.6) is 0 Å². The minimum Gasteiger partial charge on any atom is -0.338 e. The van der Waals surface area contributed by atoms with Crippen molar-refractivity contribution in [3.05, 3.63) is 69.0 Å². The molecular formula is C20H15Cl2N5S2. The Morgan fingerprint density at radius 2 is 1.48 bits per heavy atom. The van der Waals surface area contributed by atoms with Crippen molar-refractivity contribution in [2.75, 3.05) is 5.32 Å². The number of pyridine rings is 2. The molecule has 0 atom stereocenters. The topological polar surface area (TPSA) is 63.6 Å². The van der Waals surface area contributed by atoms with Crippen LogP contribution in [-0.2, 0) is 0 Å². The predicted molar refractivity (Wildman–Crippen MR) is 124 cm³/mol. The van der Waals surface area contributed by atoms with Crippen LogP contribution in [0, 0.1) is 13.8 Å². The zero-order valence-corrected chi connectivity index (χ0v) is 18.6. The van der Waals surface area contributed by atoms with Crippen LogP contribution < -0.4 is 5.32 Å². The number of fused-ring (bicyclic) bond motifs is 2. The van der Waals surface area contributed by atoms with Crippen LogP contribution in [0.1, 0.15) is 10.0 Å². The number of thiazole rings is 2. The predicted octanol–water partition coefficient (Wildman–Crippen LogP) is 7.05. The number of nitrogens with zero attached hydrogens (tertiary/aromatic N) is 4. The third-order valence-corrected chi connectivity index (χ3v) is 6.25. The van der Waals surface area contributed by atoms with Crippen LogP contribution in [-0.4, -0.2) is 19.9 Å². The molecule has 4 heterocycles. The number of aromatic nitrogens is 4. The molecule has 0 aliphatic rings. The summed E-state index contributed by atoms with van der Waals surface area (Å²) in [5.74, 6) is 0.763. The van der Waals surface area contributed by atoms with E-state index in [9.17, 15) is 0 Å². The zero-order valence-electron chi connectivity index (χ0n) is 15.5. The summed E-state index contributed by atoms with van der Waals surface area (Å²) < 4.78 is 2.23. The van der Waals surface area contributed by atoms with E-state index in [1.807, 2.05) is 50.2 Å². The highest BCUT2D eigenvalue weighted by Crippen LogP contribution is 2.28. The van der Waals surface area contributed by atoms with Crippen molar-refractivity contribution < 1.29 is 0 Å². The summed E-state index contributed by atoms with van der Waals surface area (Å²) in [7, 11) is 0. The van der Waals surface area contributed by atoms with Gasteiger partial charge in [-0.05, 0) is 44.2 Å². The maximum atomic E-state index is 5.96. The molecule has 29 heavy (non-hydrogen) atoms. The molecule has 0 aliphatic heterocycles. The number of nitrogens with one attached hydrogen (secondary N) is 1. The summed E-state index contributed by atoms with van der Waals surface area (Å²) in [6, 6.07) is 11.5. The van der Waals surface area contributed by atoms with E-state index >= 15 is 0 Å². The molecule has 5 rings (SSSR count). The monoisotopic (exact) mass is 459 g/mol. The van der Waals surface area contributed by atoms with Gasteiger partial charge >= 0.3 is 0 Å². The highest BCUT2D eigenvalue weighted by molar-refractivity contribution is 7.18. The van der Waals surface area contributed by atoms with E-state index < -0.39 is 0 Å². The van der Waals surface area contributed by atoms with Gasteiger partial charge in [-0.3, -0.25) is 0 Å². The molecule has 146 valence electrons. The van der Waals surface area contributed by atoms with Gasteiger partial charge in [-0.1, -0.05) is 29.3 Å². The second kappa shape index (κ2) is 8.59. The highest BCUT2D eigenvalue weighted by atomic mass is 35.5. The Kier molecular flexibility index (Phi) is 5.91. The van der Waals surface area contributed by atoms with Crippen LogP contribution in [0.2, 0.25) is 10.2 Å². The van der Waals surface area contributed by atoms with Gasteiger partial charge < -0.3 is 5.32 Å². The smallest absolute Gasteiger partial charge is 0.157 e. The molecular weight excluding hydrogens is 445 g/mol. The quantitative estimate of drug-likeness (QED) is 0.286. The van der Waals surface area contributed by atoms with Crippen LogP contribution >= 0.6 is 45.9 Å². The maximum absolute atomic E-state index is 5.96. The molecule has 9 heteroatoms. The molecule has 4 aromatic heterocycles. The first-order valence-corrected chi connectivity index (χ1v) is 11.0. The standard InChI is InChI=1S/C13H10ClN3S.C7H5ClN2S/c1-8-16-12-11(18-8)5-6-15-13(12)17-10-4-2-3-9(14)7-10;1-4-10-6-5(11-4)2-3-9-7(6)8/h2-7H,1H3,(H,15,17);2-3H,1H3. The number of rotatable bonds is 2. The van der Waals surface area contributed by atoms with E-state index in [1.54, 1.807) is 35.1 Å². The molecule has 0 fully saturated rings. The van der Waals surface area contributed by atoms with E-state index in [-0.39, 0.29) is 0 Å². The van der Waals surface area contributed by atoms with Gasteiger partial charge in [0.15, 0.2) is 11.0 Å². The largest absolute Gasteiger partial charge is 0.338 e. The molecule has 0 bridgehead atoms. The maximum Gasteiger partial charge on any atom is 0.157 e. The highest BCUT2D eigenvalue weighted by Gasteiger charge is 2.07. The minimum atomic E-state index is 0.492. The van der Waals surface area contributed by atoms with Gasteiger partial charge in [-0.2, -0.15) is 0 Å². The average molecular weight is 460 g/mol. The first-order valence-electron chi connectivity index (χ1n) is 8.62. The Balaban J connectivity index is 0.000000159. The Hall–Kier alpha value is -2.32. The fourth-order valence-electron chi connectivity index (χ4n) is 2.70. The van der Waals surface area contributed by atoms with Crippen molar-refractivity contribution in [2.45, 2.75) is 13.8 Å². The van der Waals surface area contributed by atoms with E-state index in [2.05, 4.69) is 25.3 Å². The van der Waals surface area contributed by atoms with E-state index in [4.69, 9.17) is 23.2 Å². The Morgan fingerprint density at radius 3 is 2.17 bits per heavy atom. The molecule has 5 aromatic rings. The second-order valence-electron chi connectivity index (χ2n) is 6.06. The molecule has 1 N–H and O–H groups in total. The summed E-state index contributed by atoms with van der Waals surface area (Å²) in [4.78, 5) is 17.0. The fourth-order valence-corrected chi connectivity index (χ4v) is 4.79. The summed E-state index contributed by atoms with van der Waals surface area (Å²) >= 11 is 15.1. The van der Waals surface area contributed by atoms with Gasteiger partial charge in [0, 0.05) is 23.1 Å². The minimum absolute atomic E-state index is 0.492. The van der Waals surface area contributed by atoms with E-state index in [1.165, 1.54) is 0 Å². The lowest BCUT2D eigenvalue weighted by Crippen LogP contribution is -1.94. The lowest BCUT2D eigenvalue weighted by atomic mass is 10.3. The zero-order chi connectivity index (χ0) is 20.4. The first-order chi connectivity index (χ1) is 14.0. The van der Waals surface area contributed by atoms with Gasteiger partial charge in [0.05, 0.1) is 19.4 Å². The molecule has 0 aliphatic carbocycles. The number of anilines is 2. The summed E-state index contributed by atoms with van der Waals surface area (Å²) in [6.07, 6.45) is 3.48. The van der Waals surface area contributed by atoms with Crippen molar-refractivity contribution >= 4 is 77.8 Å². The Bertz CT molecular complexity index is 1300. The fraction of sp³-hybridized carbons (Fsp3) is 0.100. The average Bonchev–Trinajstić information content (AvgIpc) is 3.25. The molecule has 0 unspecified atom stereocenters. The van der Waals surface area contributed by atoms with E-state index in [0.717, 1.165) is 42.0 Å². The van der Waals surface area contributed by atoms with Crippen molar-refractivity contribution in [1.29, 1.82) is 0 Å². The third-order valence-electron chi connectivity index (χ3n) is 3.87. The lowest BCUT2D eigenvalue weighted by Gasteiger charge is -2.05. The number of hydrogen-bond acceptors (Lipinski definition) is 7. The van der Waals surface area contributed by atoms with Gasteiger partial charge in [0.25, 0.3) is 0 Å². The summed E-state index contributed by atoms with van der Waals surface area (Å²) in [5.41, 5.74) is 2.63. The van der Waals surface area contributed by atoms with Crippen LogP contribution in [0.3, 0.4) is 0 Å². The lowest BCUT2D eigenvalue weighted by molar-refractivity contribution is 1.29. The second-order valence-corrected chi connectivity index (χ2v) is 9.32. The van der Waals surface area contributed by atoms with Gasteiger partial charge in [-0.25, -0.2) is 19.9 Å². The van der Waals surface area contributed by atoms with Gasteiger partial charge in [-0.15, -0.1) is 22.7 Å². The number of benzene rings is 1. The van der Waals surface area contributed by atoms with Crippen LogP contribution in [0.15, 0.2) is 48.8 Å². The molecule has 5 nitrogen and oxygen atoms in total. The van der Waals surface area contributed by atoms with Crippen LogP contribution in [0.25, 0.3) is 20.4 Å². The Labute approximate surface area is 185 Å². The summed E-state index contributed by atoms with van der Waals surface area (Å²) in [5, 5.41) is 6.50. The molecule has 0 radical (unpaired) electrons. The van der Waals surface area contributed by atoms with E-state index in [0.29, 0.717) is 10.2 Å². The molecule has 0 spiro atoms. The van der Waals surface area contributed by atoms with Gasteiger partial charge in [0.1, 0.15) is 11.0 Å². The van der Waals surface area contributed by atoms with Crippen molar-refractivity contribution in [2.24, 2.45) is 0 Å². The first kappa shape index (κ1) is 20.0. The van der Waals surface area contributed by atoms with Crippen molar-refractivity contribution in [3.8, 4) is 0 Å². The number of hydrogen-bond donors (Lipinski definition) is 1. The van der Waals surface area contributed by atoms with Gasteiger partial charge in [0.2, 0.25) is 0 Å². The molecule has 0 saturated carbocycles. The normalized spacial score (nSPS) is 10.8. The number of halogens is 2. The SMILES string of the molecule is Cc1nc2c(Cl)nccc2s1.Cc1nc2c(Nc3cccc(Cl)c3)nccc2s1. The Morgan fingerprint density at radius 1 is 0.828 bits per heavy atom. The van der Waals surface area contributed by atoms with Crippen LogP contribution in [0.4, 0.5) is 11.5 Å².